The molecule has 0 aliphatic carbocycles. The van der Waals surface area contributed by atoms with Crippen LogP contribution < -0.4 is 9.13 Å². The number of hydrogen-bond acceptors (Lipinski definition) is 3. The zero-order valence-electron chi connectivity index (χ0n) is 17.3. The molecule has 0 aliphatic heterocycles. The third-order valence-corrected chi connectivity index (χ3v) is 7.79. The third kappa shape index (κ3) is 3.78. The summed E-state index contributed by atoms with van der Waals surface area (Å²) in [4.78, 5) is 0. The summed E-state index contributed by atoms with van der Waals surface area (Å²) in [6.07, 6.45) is 8.29. The minimum atomic E-state index is 0.282. The number of rotatable bonds is 4. The Bertz CT molecular complexity index is 1470. The fraction of sp³-hybridized carbons (Fsp3) is 0.0769. The minimum Gasteiger partial charge on any atom is -0.507 e. The van der Waals surface area contributed by atoms with Crippen molar-refractivity contribution in [3.8, 4) is 5.75 Å². The molecule has 5 rings (SSSR count). The number of phenols is 1. The molecule has 2 heterocycles. The van der Waals surface area contributed by atoms with E-state index in [9.17, 15) is 5.11 Å². The second-order valence-corrected chi connectivity index (χ2v) is 9.54. The fourth-order valence-electron chi connectivity index (χ4n) is 3.67. The van der Waals surface area contributed by atoms with Gasteiger partial charge in [-0.05, 0) is 42.0 Å². The van der Waals surface area contributed by atoms with E-state index in [1.807, 2.05) is 18.2 Å². The first kappa shape index (κ1) is 19.7. The molecule has 0 atom stereocenters. The lowest BCUT2D eigenvalue weighted by molar-refractivity contribution is -0.642. The van der Waals surface area contributed by atoms with Gasteiger partial charge in [0.25, 0.3) is 10.0 Å². The summed E-state index contributed by atoms with van der Waals surface area (Å²) in [5, 5.41) is 12.7. The van der Waals surface area contributed by atoms with Crippen LogP contribution in [0.3, 0.4) is 0 Å². The molecule has 152 valence electrons. The van der Waals surface area contributed by atoms with Gasteiger partial charge in [0.05, 0.1) is 0 Å². The summed E-state index contributed by atoms with van der Waals surface area (Å²) < 4.78 is 6.91. The molecule has 0 unspecified atom stereocenters. The van der Waals surface area contributed by atoms with E-state index in [2.05, 4.69) is 90.0 Å². The highest BCUT2D eigenvalue weighted by molar-refractivity contribution is 7.19. The summed E-state index contributed by atoms with van der Waals surface area (Å²) in [7, 11) is 4.16. The largest absolute Gasteiger partial charge is 0.507 e. The number of aromatic nitrogens is 2. The van der Waals surface area contributed by atoms with Gasteiger partial charge in [0.15, 0.2) is 0 Å². The predicted molar refractivity (Wildman–Crippen MR) is 132 cm³/mol. The van der Waals surface area contributed by atoms with Crippen LogP contribution in [-0.4, -0.2) is 5.11 Å². The number of aromatic hydroxyl groups is 1. The first-order chi connectivity index (χ1) is 15.1. The molecule has 3 nitrogen and oxygen atoms in total. The van der Waals surface area contributed by atoms with E-state index in [4.69, 9.17) is 0 Å². The Labute approximate surface area is 189 Å². The number of hydrogen-bond donors (Lipinski definition) is 1. The zero-order chi connectivity index (χ0) is 21.4. The van der Waals surface area contributed by atoms with Crippen LogP contribution in [-0.2, 0) is 14.1 Å². The van der Waals surface area contributed by atoms with E-state index >= 15 is 0 Å². The van der Waals surface area contributed by atoms with Gasteiger partial charge in [-0.25, -0.2) is 0 Å². The van der Waals surface area contributed by atoms with Gasteiger partial charge >= 0.3 is 0 Å². The van der Waals surface area contributed by atoms with Gasteiger partial charge < -0.3 is 5.11 Å². The minimum absolute atomic E-state index is 0.282. The number of nitrogens with zero attached hydrogens (tertiary/aromatic N) is 2. The molecule has 0 aliphatic rings. The molecule has 0 saturated heterocycles. The number of benzene rings is 3. The lowest BCUT2D eigenvalue weighted by Crippen LogP contribution is -2.28. The molecule has 0 bridgehead atoms. The van der Waals surface area contributed by atoms with Gasteiger partial charge in [0.1, 0.15) is 29.2 Å². The van der Waals surface area contributed by atoms with Crippen LogP contribution in [0.4, 0.5) is 0 Å². The number of aryl methyl sites for hydroxylation is 2. The SMILES string of the molecule is C[n+]1c(/C=C/c2ccc(O)c(/C=C/c3sc4ccccc4[n+]3C)c2)sc2ccccc21. The molecule has 31 heavy (non-hydrogen) atoms. The smallest absolute Gasteiger partial charge is 0.262 e. The number of thiazole rings is 2. The van der Waals surface area contributed by atoms with Crippen molar-refractivity contribution in [1.82, 2.24) is 0 Å². The van der Waals surface area contributed by atoms with Crippen molar-refractivity contribution in [3.63, 3.8) is 0 Å². The molecule has 0 saturated carbocycles. The average Bonchev–Trinajstić information content (AvgIpc) is 3.29. The Morgan fingerprint density at radius 3 is 1.81 bits per heavy atom. The van der Waals surface area contributed by atoms with Crippen LogP contribution in [0.5, 0.6) is 5.75 Å². The maximum atomic E-state index is 10.4. The van der Waals surface area contributed by atoms with Crippen molar-refractivity contribution < 1.29 is 14.2 Å². The summed E-state index contributed by atoms with van der Waals surface area (Å²) in [5.41, 5.74) is 4.30. The topological polar surface area (TPSA) is 28.0 Å². The van der Waals surface area contributed by atoms with Gasteiger partial charge in [-0.3, -0.25) is 0 Å². The second-order valence-electron chi connectivity index (χ2n) is 7.42. The highest BCUT2D eigenvalue weighted by atomic mass is 32.1. The van der Waals surface area contributed by atoms with E-state index in [0.29, 0.717) is 0 Å². The van der Waals surface area contributed by atoms with Crippen LogP contribution in [0.2, 0.25) is 0 Å². The lowest BCUT2D eigenvalue weighted by Gasteiger charge is -2.00. The Balaban J connectivity index is 1.44. The molecular formula is C26H22N2OS2+2. The number of phenolic OH excluding ortho intramolecular Hbond substituents is 1. The Kier molecular flexibility index (Phi) is 5.14. The summed E-state index contributed by atoms with van der Waals surface area (Å²) in [6.45, 7) is 0. The van der Waals surface area contributed by atoms with Crippen molar-refractivity contribution in [2.24, 2.45) is 14.1 Å². The molecule has 3 aromatic carbocycles. The molecule has 0 radical (unpaired) electrons. The van der Waals surface area contributed by atoms with E-state index in [1.165, 1.54) is 25.4 Å². The first-order valence-electron chi connectivity index (χ1n) is 10.0. The van der Waals surface area contributed by atoms with E-state index in [0.717, 1.165) is 16.1 Å². The molecular weight excluding hydrogens is 420 g/mol. The monoisotopic (exact) mass is 442 g/mol. The maximum Gasteiger partial charge on any atom is 0.262 e. The molecule has 1 N–H and O–H groups in total. The lowest BCUT2D eigenvalue weighted by atomic mass is 10.1. The van der Waals surface area contributed by atoms with Gasteiger partial charge in [-0.15, -0.1) is 0 Å². The van der Waals surface area contributed by atoms with Crippen LogP contribution >= 0.6 is 22.7 Å². The average molecular weight is 443 g/mol. The second kappa shape index (κ2) is 8.10. The summed E-state index contributed by atoms with van der Waals surface area (Å²) in [5.74, 6) is 0.282. The van der Waals surface area contributed by atoms with Crippen molar-refractivity contribution in [1.29, 1.82) is 0 Å². The Morgan fingerprint density at radius 1 is 0.677 bits per heavy atom. The molecule has 0 amide bonds. The van der Waals surface area contributed by atoms with E-state index in [1.54, 1.807) is 28.7 Å². The standard InChI is InChI=1S/C26H21N2OS2/c1-27-20-7-3-5-9-23(20)30-25(27)15-12-18-11-14-22(29)19(17-18)13-16-26-28(2)21-8-4-6-10-24(21)31-26/h3-17H,1-2H3/q+1/p+1. The van der Waals surface area contributed by atoms with Crippen LogP contribution in [0.1, 0.15) is 21.1 Å². The maximum absolute atomic E-state index is 10.4. The van der Waals surface area contributed by atoms with Gasteiger partial charge in [-0.1, -0.05) is 53.0 Å². The van der Waals surface area contributed by atoms with Crippen molar-refractivity contribution in [2.75, 3.05) is 0 Å². The summed E-state index contributed by atoms with van der Waals surface area (Å²) >= 11 is 3.52. The van der Waals surface area contributed by atoms with Crippen molar-refractivity contribution in [3.05, 3.63) is 87.9 Å². The number of fused-ring (bicyclic) bond motifs is 2. The fourth-order valence-corrected chi connectivity index (χ4v) is 5.78. The first-order valence-corrected chi connectivity index (χ1v) is 11.7. The van der Waals surface area contributed by atoms with E-state index < -0.39 is 0 Å². The zero-order valence-corrected chi connectivity index (χ0v) is 19.0. The molecule has 2 aromatic heterocycles. The molecule has 0 spiro atoms. The van der Waals surface area contributed by atoms with Gasteiger partial charge in [0.2, 0.25) is 11.0 Å². The Hall–Kier alpha value is -3.28. The quantitative estimate of drug-likeness (QED) is 0.350. The predicted octanol–water partition coefficient (Wildman–Crippen LogP) is 5.81. The Morgan fingerprint density at radius 2 is 1.23 bits per heavy atom. The van der Waals surface area contributed by atoms with Crippen LogP contribution in [0, 0.1) is 0 Å². The summed E-state index contributed by atoms with van der Waals surface area (Å²) in [6, 6.07) is 22.5. The molecule has 5 aromatic rings. The van der Waals surface area contributed by atoms with Crippen LogP contribution in [0.25, 0.3) is 44.7 Å². The molecule has 0 fully saturated rings. The normalized spacial score (nSPS) is 12.1. The third-order valence-electron chi connectivity index (χ3n) is 5.42. The highest BCUT2D eigenvalue weighted by Crippen LogP contribution is 2.26. The number of para-hydroxylation sites is 2. The van der Waals surface area contributed by atoms with Gasteiger partial charge in [0, 0.05) is 29.8 Å². The van der Waals surface area contributed by atoms with E-state index in [-0.39, 0.29) is 5.75 Å². The highest BCUT2D eigenvalue weighted by Gasteiger charge is 2.14. The van der Waals surface area contributed by atoms with Crippen molar-refractivity contribution in [2.45, 2.75) is 0 Å². The van der Waals surface area contributed by atoms with Crippen molar-refractivity contribution >= 4 is 67.4 Å². The van der Waals surface area contributed by atoms with Crippen LogP contribution in [0.15, 0.2) is 66.7 Å². The molecule has 5 heteroatoms. The van der Waals surface area contributed by atoms with Gasteiger partial charge in [-0.2, -0.15) is 9.13 Å².